The van der Waals surface area contributed by atoms with Crippen LogP contribution in [0, 0.1) is 11.8 Å². The molecule has 5 heteroatoms. The molecule has 0 spiro atoms. The Balaban J connectivity index is 2.46. The highest BCUT2D eigenvalue weighted by atomic mass is 16.5. The maximum Gasteiger partial charge on any atom is 0.220 e. The van der Waals surface area contributed by atoms with Gasteiger partial charge < -0.3 is 15.8 Å². The number of nitrogens with zero attached hydrogens (tertiary/aromatic N) is 1. The van der Waals surface area contributed by atoms with Gasteiger partial charge in [-0.25, -0.2) is 4.98 Å². The van der Waals surface area contributed by atoms with Gasteiger partial charge in [0.25, 0.3) is 0 Å². The smallest absolute Gasteiger partial charge is 0.220 e. The lowest BCUT2D eigenvalue weighted by molar-refractivity contribution is -0.122. The first kappa shape index (κ1) is 16.4. The Morgan fingerprint density at radius 2 is 2.25 bits per heavy atom. The first-order chi connectivity index (χ1) is 9.56. The number of aromatic nitrogens is 1. The van der Waals surface area contributed by atoms with E-state index in [1.807, 2.05) is 12.1 Å². The monoisotopic (exact) mass is 279 g/mol. The maximum absolute atomic E-state index is 11.9. The summed E-state index contributed by atoms with van der Waals surface area (Å²) in [7, 11) is 1.57. The molecule has 3 N–H and O–H groups in total. The standard InChI is InChI=1S/C15H25N3O2/c1-11(2)7-12(9-16)8-14(19)18-10-13-5-4-6-17-15(13)20-3/h4-6,11-12H,7-10,16H2,1-3H3,(H,18,19)/t12-/m0/s1. The lowest BCUT2D eigenvalue weighted by atomic mass is 9.94. The minimum atomic E-state index is 0.0204. The van der Waals surface area contributed by atoms with Crippen molar-refractivity contribution in [2.24, 2.45) is 17.6 Å². The third-order valence-electron chi connectivity index (χ3n) is 3.13. The van der Waals surface area contributed by atoms with Crippen molar-refractivity contribution in [3.05, 3.63) is 23.9 Å². The average molecular weight is 279 g/mol. The van der Waals surface area contributed by atoms with Crippen LogP contribution in [0.15, 0.2) is 18.3 Å². The number of pyridine rings is 1. The van der Waals surface area contributed by atoms with Gasteiger partial charge in [-0.3, -0.25) is 4.79 Å². The molecule has 0 unspecified atom stereocenters. The molecule has 0 radical (unpaired) electrons. The third kappa shape index (κ3) is 5.57. The van der Waals surface area contributed by atoms with Crippen LogP contribution in [0.5, 0.6) is 5.88 Å². The van der Waals surface area contributed by atoms with Crippen LogP contribution in [0.4, 0.5) is 0 Å². The van der Waals surface area contributed by atoms with E-state index in [9.17, 15) is 4.79 Å². The van der Waals surface area contributed by atoms with Gasteiger partial charge in [-0.15, -0.1) is 0 Å². The van der Waals surface area contributed by atoms with Crippen molar-refractivity contribution in [2.75, 3.05) is 13.7 Å². The predicted molar refractivity (Wildman–Crippen MR) is 79.3 cm³/mol. The zero-order valence-electron chi connectivity index (χ0n) is 12.6. The van der Waals surface area contributed by atoms with E-state index in [4.69, 9.17) is 10.5 Å². The van der Waals surface area contributed by atoms with Gasteiger partial charge in [0.1, 0.15) is 0 Å². The molecule has 112 valence electrons. The van der Waals surface area contributed by atoms with Crippen molar-refractivity contribution in [1.82, 2.24) is 10.3 Å². The molecule has 0 bridgehead atoms. The fourth-order valence-electron chi connectivity index (χ4n) is 2.20. The Kier molecular flexibility index (Phi) is 7.01. The summed E-state index contributed by atoms with van der Waals surface area (Å²) < 4.78 is 5.15. The molecule has 5 nitrogen and oxygen atoms in total. The van der Waals surface area contributed by atoms with Crippen LogP contribution >= 0.6 is 0 Å². The fraction of sp³-hybridized carbons (Fsp3) is 0.600. The van der Waals surface area contributed by atoms with Crippen molar-refractivity contribution in [2.45, 2.75) is 33.2 Å². The van der Waals surface area contributed by atoms with Gasteiger partial charge in [0.2, 0.25) is 11.8 Å². The minimum absolute atomic E-state index is 0.0204. The molecule has 1 aromatic heterocycles. The topological polar surface area (TPSA) is 77.2 Å². The Bertz CT molecular complexity index is 421. The third-order valence-corrected chi connectivity index (χ3v) is 3.13. The molecule has 0 saturated carbocycles. The van der Waals surface area contributed by atoms with Crippen molar-refractivity contribution >= 4 is 5.91 Å². The minimum Gasteiger partial charge on any atom is -0.481 e. The first-order valence-electron chi connectivity index (χ1n) is 7.01. The molecule has 0 saturated heterocycles. The van der Waals surface area contributed by atoms with E-state index in [-0.39, 0.29) is 11.8 Å². The van der Waals surface area contributed by atoms with Gasteiger partial charge in [-0.05, 0) is 30.9 Å². The number of nitrogens with two attached hydrogens (primary N) is 1. The van der Waals surface area contributed by atoms with Crippen molar-refractivity contribution < 1.29 is 9.53 Å². The summed E-state index contributed by atoms with van der Waals surface area (Å²) in [6.45, 7) is 5.25. The van der Waals surface area contributed by atoms with E-state index in [0.29, 0.717) is 31.3 Å². The summed E-state index contributed by atoms with van der Waals surface area (Å²) in [6, 6.07) is 3.71. The molecule has 0 aromatic carbocycles. The number of nitrogens with one attached hydrogen (secondary N) is 1. The summed E-state index contributed by atoms with van der Waals surface area (Å²) in [6.07, 6.45) is 3.11. The molecule has 0 aliphatic heterocycles. The number of ether oxygens (including phenoxy) is 1. The molecule has 1 aromatic rings. The van der Waals surface area contributed by atoms with E-state index < -0.39 is 0 Å². The van der Waals surface area contributed by atoms with Crippen LogP contribution in [-0.4, -0.2) is 24.5 Å². The van der Waals surface area contributed by atoms with Gasteiger partial charge in [0, 0.05) is 24.7 Å². The second-order valence-electron chi connectivity index (χ2n) is 5.38. The van der Waals surface area contributed by atoms with Gasteiger partial charge in [0.05, 0.1) is 7.11 Å². The SMILES string of the molecule is COc1ncccc1CNC(=O)C[C@@H](CN)CC(C)C. The maximum atomic E-state index is 11.9. The van der Waals surface area contributed by atoms with Gasteiger partial charge in [0.15, 0.2) is 0 Å². The van der Waals surface area contributed by atoms with E-state index in [2.05, 4.69) is 24.1 Å². The molecular formula is C15H25N3O2. The zero-order chi connectivity index (χ0) is 15.0. The molecule has 0 aliphatic carbocycles. The highest BCUT2D eigenvalue weighted by Gasteiger charge is 2.14. The van der Waals surface area contributed by atoms with Crippen molar-refractivity contribution in [1.29, 1.82) is 0 Å². The number of carbonyl (C=O) groups is 1. The molecular weight excluding hydrogens is 254 g/mol. The summed E-state index contributed by atoms with van der Waals surface area (Å²) >= 11 is 0. The second kappa shape index (κ2) is 8.53. The summed E-state index contributed by atoms with van der Waals surface area (Å²) in [5, 5.41) is 2.90. The van der Waals surface area contributed by atoms with E-state index in [0.717, 1.165) is 12.0 Å². The average Bonchev–Trinajstić information content (AvgIpc) is 2.44. The van der Waals surface area contributed by atoms with Crippen LogP contribution in [0.1, 0.15) is 32.3 Å². The fourth-order valence-corrected chi connectivity index (χ4v) is 2.20. The quantitative estimate of drug-likeness (QED) is 0.759. The molecule has 1 amide bonds. The van der Waals surface area contributed by atoms with Crippen LogP contribution < -0.4 is 15.8 Å². The molecule has 1 rings (SSSR count). The van der Waals surface area contributed by atoms with Crippen molar-refractivity contribution in [3.8, 4) is 5.88 Å². The van der Waals surface area contributed by atoms with Gasteiger partial charge in [-0.1, -0.05) is 19.9 Å². The molecule has 0 fully saturated rings. The van der Waals surface area contributed by atoms with E-state index >= 15 is 0 Å². The second-order valence-corrected chi connectivity index (χ2v) is 5.38. The van der Waals surface area contributed by atoms with Gasteiger partial charge >= 0.3 is 0 Å². The molecule has 20 heavy (non-hydrogen) atoms. The highest BCUT2D eigenvalue weighted by molar-refractivity contribution is 5.76. The lowest BCUT2D eigenvalue weighted by Crippen LogP contribution is -2.28. The molecule has 1 atom stereocenters. The largest absolute Gasteiger partial charge is 0.481 e. The van der Waals surface area contributed by atoms with Crippen LogP contribution in [0.3, 0.4) is 0 Å². The summed E-state index contributed by atoms with van der Waals surface area (Å²) in [5.41, 5.74) is 6.58. The van der Waals surface area contributed by atoms with Crippen molar-refractivity contribution in [3.63, 3.8) is 0 Å². The number of amides is 1. The Hall–Kier alpha value is -1.62. The number of hydrogen-bond donors (Lipinski definition) is 2. The van der Waals surface area contributed by atoms with E-state index in [1.165, 1.54) is 0 Å². The number of hydrogen-bond acceptors (Lipinski definition) is 4. The first-order valence-corrected chi connectivity index (χ1v) is 7.01. The number of rotatable bonds is 8. The Morgan fingerprint density at radius 3 is 2.85 bits per heavy atom. The lowest BCUT2D eigenvalue weighted by Gasteiger charge is -2.16. The normalized spacial score (nSPS) is 12.2. The Labute approximate surface area is 120 Å². The van der Waals surface area contributed by atoms with Crippen LogP contribution in [0.25, 0.3) is 0 Å². The van der Waals surface area contributed by atoms with Crippen LogP contribution in [-0.2, 0) is 11.3 Å². The summed E-state index contributed by atoms with van der Waals surface area (Å²) in [5.74, 6) is 1.36. The molecule has 0 aliphatic rings. The number of methoxy groups -OCH3 is 1. The van der Waals surface area contributed by atoms with E-state index in [1.54, 1.807) is 13.3 Å². The van der Waals surface area contributed by atoms with Crippen LogP contribution in [0.2, 0.25) is 0 Å². The Morgan fingerprint density at radius 1 is 1.50 bits per heavy atom. The number of carbonyl (C=O) groups excluding carboxylic acids is 1. The summed E-state index contributed by atoms with van der Waals surface area (Å²) in [4.78, 5) is 16.0. The molecule has 1 heterocycles. The highest BCUT2D eigenvalue weighted by Crippen LogP contribution is 2.15. The predicted octanol–water partition coefficient (Wildman–Crippen LogP) is 1.72. The van der Waals surface area contributed by atoms with Gasteiger partial charge in [-0.2, -0.15) is 0 Å². The zero-order valence-corrected chi connectivity index (χ0v) is 12.6.